The Morgan fingerprint density at radius 2 is 1.58 bits per heavy atom. The predicted octanol–water partition coefficient (Wildman–Crippen LogP) is 8.66. The van der Waals surface area contributed by atoms with Crippen LogP contribution in [0.15, 0.2) is 54.6 Å². The molecule has 0 aliphatic carbocycles. The largest absolute Gasteiger partial charge is 0.369 e. The molecular weight excluding hydrogens is 909 g/mol. The van der Waals surface area contributed by atoms with E-state index < -0.39 is 31.5 Å². The molecule has 1 N–H and O–H groups in total. The highest BCUT2D eigenvalue weighted by molar-refractivity contribution is 8.13. The van der Waals surface area contributed by atoms with Crippen molar-refractivity contribution in [3.8, 4) is 6.07 Å². The lowest BCUT2D eigenvalue weighted by Gasteiger charge is -2.39. The standard InChI is InChI=1S/C47H61FN5O8PS3/c1-6-51-17-16-36-13-14-39(47(58)52-27-35(26-49)37(28-52)32-10-8-7-9-11-32)53(36)46(57)38(29-51)50-45(56)41-25-34-24-33(12-15-40(34)65-41)44(48)62(59,60-18-20-63-42(54)22-30(2)3)61-19-21-64-43(55)23-31(4)5/h7-12,15,24-25,30-31,35-39,44H,6,13-14,16-23,27-29H2,1-5H3,(H,50,56)/t35-,36-,37+,38+,39+,44+/m1/s1. The molecule has 65 heavy (non-hydrogen) atoms. The van der Waals surface area contributed by atoms with Gasteiger partial charge in [-0.05, 0) is 72.4 Å². The van der Waals surface area contributed by atoms with Gasteiger partial charge in [0.2, 0.25) is 17.7 Å². The van der Waals surface area contributed by atoms with Gasteiger partial charge in [-0.15, -0.1) is 11.3 Å². The minimum Gasteiger partial charge on any atom is -0.339 e. The van der Waals surface area contributed by atoms with Gasteiger partial charge >= 0.3 is 7.60 Å². The van der Waals surface area contributed by atoms with E-state index >= 15 is 4.39 Å². The fourth-order valence-electron chi connectivity index (χ4n) is 8.77. The van der Waals surface area contributed by atoms with Gasteiger partial charge in [-0.25, -0.2) is 4.39 Å². The van der Waals surface area contributed by atoms with E-state index in [1.807, 2.05) is 65.0 Å². The summed E-state index contributed by atoms with van der Waals surface area (Å²) in [6, 6.07) is 16.5. The maximum Gasteiger partial charge on any atom is 0.369 e. The molecule has 0 unspecified atom stereocenters. The van der Waals surface area contributed by atoms with E-state index in [1.165, 1.54) is 23.5 Å². The van der Waals surface area contributed by atoms with Crippen LogP contribution in [0, 0.1) is 29.1 Å². The Labute approximate surface area is 394 Å². The number of benzene rings is 2. The molecule has 6 atom stereocenters. The zero-order valence-electron chi connectivity index (χ0n) is 37.8. The number of halogens is 1. The normalized spacial score (nSPS) is 22.2. The number of amides is 3. The number of hydrogen-bond donors (Lipinski definition) is 1. The molecule has 3 fully saturated rings. The van der Waals surface area contributed by atoms with Crippen molar-refractivity contribution in [3.63, 3.8) is 0 Å². The van der Waals surface area contributed by atoms with E-state index in [0.29, 0.717) is 61.8 Å². The summed E-state index contributed by atoms with van der Waals surface area (Å²) < 4.78 is 42.5. The fourth-order valence-corrected chi connectivity index (χ4v) is 13.2. The van der Waals surface area contributed by atoms with Crippen LogP contribution in [-0.2, 0) is 32.8 Å². The average molecular weight is 970 g/mol. The third kappa shape index (κ3) is 13.1. The number of nitriles is 1. The van der Waals surface area contributed by atoms with Crippen molar-refractivity contribution in [1.29, 1.82) is 5.26 Å². The van der Waals surface area contributed by atoms with Crippen LogP contribution in [0.2, 0.25) is 0 Å². The Morgan fingerprint density at radius 1 is 0.923 bits per heavy atom. The molecule has 0 saturated carbocycles. The van der Waals surface area contributed by atoms with E-state index in [2.05, 4.69) is 16.3 Å². The van der Waals surface area contributed by atoms with E-state index in [9.17, 15) is 33.8 Å². The summed E-state index contributed by atoms with van der Waals surface area (Å²) in [5.41, 5.74) is 1.01. The summed E-state index contributed by atoms with van der Waals surface area (Å²) in [7, 11) is -4.48. The number of thiophene rings is 1. The second kappa shape index (κ2) is 23.4. The minimum atomic E-state index is -4.48. The molecule has 6 rings (SSSR count). The van der Waals surface area contributed by atoms with Crippen molar-refractivity contribution >= 4 is 80.5 Å². The van der Waals surface area contributed by atoms with Gasteiger partial charge in [0.15, 0.2) is 10.2 Å². The number of fused-ring (bicyclic) bond motifs is 2. The molecule has 352 valence electrons. The smallest absolute Gasteiger partial charge is 0.339 e. The molecule has 2 aromatic carbocycles. The van der Waals surface area contributed by atoms with Crippen LogP contribution in [0.1, 0.15) is 99.4 Å². The zero-order chi connectivity index (χ0) is 46.8. The first-order valence-electron chi connectivity index (χ1n) is 22.6. The number of nitrogens with one attached hydrogen (secondary N) is 1. The summed E-state index contributed by atoms with van der Waals surface area (Å²) in [6.07, 6.45) is 2.58. The van der Waals surface area contributed by atoms with E-state index in [-0.39, 0.29) is 100 Å². The van der Waals surface area contributed by atoms with Crippen molar-refractivity contribution in [3.05, 3.63) is 70.6 Å². The quantitative estimate of drug-likeness (QED) is 0.0899. The number of likely N-dealkylation sites (tertiary alicyclic amines) is 1. The number of alkyl halides is 1. The molecule has 0 spiro atoms. The van der Waals surface area contributed by atoms with Crippen molar-refractivity contribution in [2.24, 2.45) is 17.8 Å². The highest BCUT2D eigenvalue weighted by Crippen LogP contribution is 2.62. The van der Waals surface area contributed by atoms with Gasteiger partial charge < -0.3 is 29.1 Å². The lowest BCUT2D eigenvalue weighted by molar-refractivity contribution is -0.147. The van der Waals surface area contributed by atoms with Gasteiger partial charge in [0.1, 0.15) is 12.1 Å². The lowest BCUT2D eigenvalue weighted by Crippen LogP contribution is -2.60. The van der Waals surface area contributed by atoms with Crippen LogP contribution in [0.3, 0.4) is 0 Å². The van der Waals surface area contributed by atoms with Crippen LogP contribution in [-0.4, -0.2) is 118 Å². The van der Waals surface area contributed by atoms with Gasteiger partial charge in [-0.2, -0.15) is 5.26 Å². The third-order valence-corrected chi connectivity index (χ3v) is 16.8. The molecule has 3 aliphatic heterocycles. The molecule has 0 bridgehead atoms. The first-order chi connectivity index (χ1) is 31.1. The van der Waals surface area contributed by atoms with E-state index in [4.69, 9.17) is 9.05 Å². The molecule has 3 aliphatic rings. The van der Waals surface area contributed by atoms with Crippen LogP contribution in [0.5, 0.6) is 0 Å². The molecule has 1 aromatic heterocycles. The first-order valence-corrected chi connectivity index (χ1v) is 27.0. The van der Waals surface area contributed by atoms with Gasteiger partial charge in [0.05, 0.1) is 30.1 Å². The fraction of sp³-hybridized carbons (Fsp3) is 0.574. The van der Waals surface area contributed by atoms with Gasteiger partial charge in [-0.3, -0.25) is 28.5 Å². The monoisotopic (exact) mass is 969 g/mol. The van der Waals surface area contributed by atoms with E-state index in [1.54, 1.807) is 21.9 Å². The molecular formula is C47H61FN5O8PS3. The lowest BCUT2D eigenvalue weighted by atomic mass is 9.90. The minimum absolute atomic E-state index is 0.0106. The Hall–Kier alpha value is -3.62. The third-order valence-electron chi connectivity index (χ3n) is 12.0. The number of hydrogen-bond acceptors (Lipinski definition) is 13. The van der Waals surface area contributed by atoms with Crippen LogP contribution >= 0.6 is 42.5 Å². The SMILES string of the molecule is CCN1CC[C@H]2CC[C@@H](C(=O)N3C[C@@H](C#N)[C@H](c4ccccc4)C3)N2C(=O)[C@@H](NC(=O)c2cc3cc([C@@H](F)P(=O)(OCCSC(=O)CC(C)C)OCCSC(=O)CC(C)C)ccc3s2)C1. The maximum absolute atomic E-state index is 16.5. The molecule has 3 amide bonds. The molecule has 3 aromatic rings. The zero-order valence-corrected chi connectivity index (χ0v) is 41.2. The Balaban J connectivity index is 1.16. The number of likely N-dealkylation sites (N-methyl/N-ethyl adjacent to an activating group) is 1. The van der Waals surface area contributed by atoms with Crippen molar-refractivity contribution in [2.45, 2.75) is 96.7 Å². The van der Waals surface area contributed by atoms with Crippen molar-refractivity contribution in [2.75, 3.05) is 57.4 Å². The number of nitrogens with zero attached hydrogens (tertiary/aromatic N) is 4. The molecule has 0 radical (unpaired) electrons. The summed E-state index contributed by atoms with van der Waals surface area (Å²) in [5.74, 6) is -3.04. The number of thioether (sulfide) groups is 2. The van der Waals surface area contributed by atoms with Crippen LogP contribution in [0.4, 0.5) is 4.39 Å². The second-order valence-corrected chi connectivity index (χ2v) is 23.2. The maximum atomic E-state index is 16.5. The average Bonchev–Trinajstić information content (AvgIpc) is 4.03. The van der Waals surface area contributed by atoms with Crippen LogP contribution in [0.25, 0.3) is 10.1 Å². The molecule has 4 heterocycles. The van der Waals surface area contributed by atoms with Crippen molar-refractivity contribution < 1.29 is 42.0 Å². The summed E-state index contributed by atoms with van der Waals surface area (Å²) in [5, 5.41) is 13.4. The molecule has 18 heteroatoms. The van der Waals surface area contributed by atoms with Crippen molar-refractivity contribution in [1.82, 2.24) is 20.0 Å². The van der Waals surface area contributed by atoms with Gasteiger partial charge in [-0.1, -0.05) is 94.5 Å². The molecule has 13 nitrogen and oxygen atoms in total. The molecule has 3 saturated heterocycles. The number of carbonyl (C=O) groups excluding carboxylic acids is 5. The first kappa shape index (κ1) is 50.8. The topological polar surface area (TPSA) is 166 Å². The Morgan fingerprint density at radius 3 is 2.20 bits per heavy atom. The highest BCUT2D eigenvalue weighted by atomic mass is 32.2. The Kier molecular flexibility index (Phi) is 18.3. The number of rotatable bonds is 19. The second-order valence-electron chi connectivity index (χ2n) is 17.8. The van der Waals surface area contributed by atoms with E-state index in [0.717, 1.165) is 29.1 Å². The summed E-state index contributed by atoms with van der Waals surface area (Å²) in [4.78, 5) is 73.3. The van der Waals surface area contributed by atoms with Gasteiger partial charge in [0, 0.05) is 67.2 Å². The summed E-state index contributed by atoms with van der Waals surface area (Å²) >= 11 is 3.21. The van der Waals surface area contributed by atoms with Gasteiger partial charge in [0.25, 0.3) is 5.91 Å². The predicted molar refractivity (Wildman–Crippen MR) is 256 cm³/mol. The number of carbonyl (C=O) groups is 5. The highest BCUT2D eigenvalue weighted by Gasteiger charge is 2.48. The van der Waals surface area contributed by atoms with Crippen LogP contribution < -0.4 is 5.32 Å². The Bertz CT molecular complexity index is 2220. The summed E-state index contributed by atoms with van der Waals surface area (Å²) in [6.45, 7) is 11.6.